The van der Waals surface area contributed by atoms with Gasteiger partial charge in [-0.25, -0.2) is 0 Å². The average Bonchev–Trinajstić information content (AvgIpc) is 3.11. The summed E-state index contributed by atoms with van der Waals surface area (Å²) >= 11 is 0. The Morgan fingerprint density at radius 3 is 0.738 bits per heavy atom. The van der Waals surface area contributed by atoms with Crippen molar-refractivity contribution in [3.63, 3.8) is 0 Å². The van der Waals surface area contributed by atoms with Gasteiger partial charge in [0.2, 0.25) is 0 Å². The number of nitrogens with zero attached hydrogens (tertiary/aromatic N) is 2. The van der Waals surface area contributed by atoms with Crippen molar-refractivity contribution in [1.82, 2.24) is 9.80 Å². The summed E-state index contributed by atoms with van der Waals surface area (Å²) in [6.45, 7) is 50.8. The lowest BCUT2D eigenvalue weighted by molar-refractivity contribution is 0.178. The molecule has 0 fully saturated rings. The number of phenols is 4. The van der Waals surface area contributed by atoms with E-state index >= 15 is 0 Å². The molecule has 0 bridgehead atoms. The van der Waals surface area contributed by atoms with Crippen molar-refractivity contribution >= 4 is 0 Å². The molecule has 65 heavy (non-hydrogen) atoms. The van der Waals surface area contributed by atoms with Gasteiger partial charge in [0.25, 0.3) is 0 Å². The normalized spacial score (nSPS) is 13.7. The van der Waals surface area contributed by atoms with Crippen LogP contribution in [0.5, 0.6) is 23.0 Å². The van der Waals surface area contributed by atoms with E-state index in [0.29, 0.717) is 62.3 Å². The molecule has 0 unspecified atom stereocenters. The Morgan fingerprint density at radius 1 is 0.308 bits per heavy atom. The fourth-order valence-electron chi connectivity index (χ4n) is 8.54. The lowest BCUT2D eigenvalue weighted by atomic mass is 9.78. The lowest BCUT2D eigenvalue weighted by Gasteiger charge is -2.33. The van der Waals surface area contributed by atoms with Gasteiger partial charge in [-0.1, -0.05) is 194 Å². The highest BCUT2D eigenvalue weighted by atomic mass is 16.3. The molecular formula is C59H90N2O4. The molecule has 0 aliphatic rings. The van der Waals surface area contributed by atoms with E-state index in [0.717, 1.165) is 66.8 Å². The summed E-state index contributed by atoms with van der Waals surface area (Å²) in [6.07, 6.45) is 0. The van der Waals surface area contributed by atoms with Crippen molar-refractivity contribution in [3.05, 3.63) is 115 Å². The molecule has 0 radical (unpaired) electrons. The standard InChI is InChI=1S/C59H90N2O4/c1-37-25-42(53(2,3)4)26-38(49(37)62)33-60(34-39-27-43(54(5,6)7)30-46(50(39)63)57(14,15)16)23-24-61(35-40-28-44(55(8,9)10)31-47(51(40)64)58(17,18)19)36-41-29-45(56(11,12)13)32-48(52(41)65)59(20,21)22/h25-32,62-65H,23-24,33-36H2,1-22H3. The molecule has 4 N–H and O–H groups in total. The van der Waals surface area contributed by atoms with Gasteiger partial charge in [-0.2, -0.15) is 0 Å². The number of aryl methyl sites for hydroxylation is 1. The van der Waals surface area contributed by atoms with Gasteiger partial charge in [-0.05, 0) is 89.3 Å². The second-order valence-corrected chi connectivity index (χ2v) is 26.6. The van der Waals surface area contributed by atoms with Crippen LogP contribution in [0.25, 0.3) is 0 Å². The first-order chi connectivity index (χ1) is 29.2. The molecule has 0 aliphatic heterocycles. The predicted octanol–water partition coefficient (Wildman–Crippen LogP) is 14.6. The Hall–Kier alpha value is -4.00. The maximum Gasteiger partial charge on any atom is 0.123 e. The third-order valence-corrected chi connectivity index (χ3v) is 13.1. The van der Waals surface area contributed by atoms with E-state index < -0.39 is 0 Å². The highest BCUT2D eigenvalue weighted by Gasteiger charge is 2.31. The van der Waals surface area contributed by atoms with Crippen molar-refractivity contribution in [2.75, 3.05) is 13.1 Å². The minimum Gasteiger partial charge on any atom is -0.507 e. The van der Waals surface area contributed by atoms with Crippen LogP contribution in [-0.2, 0) is 64.1 Å². The summed E-state index contributed by atoms with van der Waals surface area (Å²) in [7, 11) is 0. The van der Waals surface area contributed by atoms with Crippen LogP contribution in [0, 0.1) is 6.92 Å². The van der Waals surface area contributed by atoms with Crippen LogP contribution in [0.3, 0.4) is 0 Å². The maximum atomic E-state index is 12.2. The summed E-state index contributed by atoms with van der Waals surface area (Å²) in [4.78, 5) is 4.71. The minimum absolute atomic E-state index is 0.124. The molecule has 0 atom stereocenters. The molecule has 4 rings (SSSR count). The largest absolute Gasteiger partial charge is 0.507 e. The molecule has 0 spiro atoms. The van der Waals surface area contributed by atoms with Crippen LogP contribution < -0.4 is 0 Å². The molecule has 0 aliphatic carbocycles. The summed E-state index contributed by atoms with van der Waals surface area (Å²) in [5.41, 5.74) is 10.2. The quantitative estimate of drug-likeness (QED) is 0.120. The summed E-state index contributed by atoms with van der Waals surface area (Å²) in [5.74, 6) is 1.23. The fourth-order valence-corrected chi connectivity index (χ4v) is 8.54. The van der Waals surface area contributed by atoms with E-state index in [1.165, 1.54) is 0 Å². The predicted molar refractivity (Wildman–Crippen MR) is 276 cm³/mol. The van der Waals surface area contributed by atoms with Crippen LogP contribution in [0.2, 0.25) is 0 Å². The molecule has 0 saturated carbocycles. The van der Waals surface area contributed by atoms with Gasteiger partial charge in [0.15, 0.2) is 0 Å². The van der Waals surface area contributed by atoms with E-state index in [1.54, 1.807) is 0 Å². The zero-order valence-electron chi connectivity index (χ0n) is 45.0. The number of hydrogen-bond acceptors (Lipinski definition) is 6. The Morgan fingerprint density at radius 2 is 0.523 bits per heavy atom. The van der Waals surface area contributed by atoms with Gasteiger partial charge >= 0.3 is 0 Å². The van der Waals surface area contributed by atoms with Gasteiger partial charge in [0, 0.05) is 61.5 Å². The summed E-state index contributed by atoms with van der Waals surface area (Å²) < 4.78 is 0. The van der Waals surface area contributed by atoms with Gasteiger partial charge in [-0.15, -0.1) is 0 Å². The van der Waals surface area contributed by atoms with E-state index in [4.69, 9.17) is 0 Å². The van der Waals surface area contributed by atoms with Gasteiger partial charge < -0.3 is 20.4 Å². The SMILES string of the molecule is Cc1cc(C(C)(C)C)cc(CN(CCN(Cc2cc(C(C)(C)C)cc(C(C)(C)C)c2O)Cc2cc(C(C)(C)C)cc(C(C)(C)C)c2O)Cc2cc(C(C)(C)C)cc(C(C)(C)C)c2O)c1O. The Labute approximate surface area is 396 Å². The van der Waals surface area contributed by atoms with Crippen LogP contribution >= 0.6 is 0 Å². The third-order valence-electron chi connectivity index (χ3n) is 13.1. The fraction of sp³-hybridized carbons (Fsp3) is 0.593. The van der Waals surface area contributed by atoms with E-state index in [9.17, 15) is 20.4 Å². The third kappa shape index (κ3) is 13.3. The molecule has 4 aromatic carbocycles. The van der Waals surface area contributed by atoms with Crippen LogP contribution in [0.1, 0.15) is 212 Å². The molecule has 0 amide bonds. The topological polar surface area (TPSA) is 87.4 Å². The summed E-state index contributed by atoms with van der Waals surface area (Å²) in [6, 6.07) is 17.3. The average molecular weight is 891 g/mol. The highest BCUT2D eigenvalue weighted by Crippen LogP contribution is 2.42. The second-order valence-electron chi connectivity index (χ2n) is 26.6. The molecule has 0 heterocycles. The van der Waals surface area contributed by atoms with Gasteiger partial charge in [-0.3, -0.25) is 9.80 Å². The van der Waals surface area contributed by atoms with Crippen molar-refractivity contribution < 1.29 is 20.4 Å². The van der Waals surface area contributed by atoms with Crippen molar-refractivity contribution in [2.45, 2.75) is 216 Å². The second kappa shape index (κ2) is 18.6. The van der Waals surface area contributed by atoms with Gasteiger partial charge in [0.1, 0.15) is 23.0 Å². The van der Waals surface area contributed by atoms with Crippen molar-refractivity contribution in [3.8, 4) is 23.0 Å². The van der Waals surface area contributed by atoms with E-state index in [-0.39, 0.29) is 37.9 Å². The number of benzene rings is 4. The molecule has 6 heteroatoms. The van der Waals surface area contributed by atoms with E-state index in [1.807, 2.05) is 6.92 Å². The molecule has 0 aromatic heterocycles. The van der Waals surface area contributed by atoms with Crippen LogP contribution in [0.4, 0.5) is 0 Å². The molecule has 4 aromatic rings. The van der Waals surface area contributed by atoms with Crippen molar-refractivity contribution in [2.24, 2.45) is 0 Å². The number of aromatic hydroxyl groups is 4. The van der Waals surface area contributed by atoms with Crippen LogP contribution in [0.15, 0.2) is 48.5 Å². The summed E-state index contributed by atoms with van der Waals surface area (Å²) in [5, 5.41) is 48.2. The highest BCUT2D eigenvalue weighted by molar-refractivity contribution is 5.52. The molecule has 360 valence electrons. The number of rotatable bonds is 11. The van der Waals surface area contributed by atoms with Crippen molar-refractivity contribution in [1.29, 1.82) is 0 Å². The Balaban J connectivity index is 1.99. The monoisotopic (exact) mass is 891 g/mol. The Bertz CT molecular complexity index is 2240. The number of hydrogen-bond donors (Lipinski definition) is 4. The zero-order valence-corrected chi connectivity index (χ0v) is 45.0. The first-order valence-electron chi connectivity index (χ1n) is 24.1. The number of phenolic OH excluding ortho intramolecular Hbond substituents is 4. The first-order valence-corrected chi connectivity index (χ1v) is 24.1. The smallest absolute Gasteiger partial charge is 0.123 e. The van der Waals surface area contributed by atoms with E-state index in [2.05, 4.69) is 204 Å². The maximum absolute atomic E-state index is 12.2. The first kappa shape index (κ1) is 53.6. The minimum atomic E-state index is -0.292. The molecule has 0 saturated heterocycles. The Kier molecular flexibility index (Phi) is 15.3. The van der Waals surface area contributed by atoms with Gasteiger partial charge in [0.05, 0.1) is 0 Å². The lowest BCUT2D eigenvalue weighted by Crippen LogP contribution is -2.35. The van der Waals surface area contributed by atoms with Crippen LogP contribution in [-0.4, -0.2) is 43.3 Å². The molecule has 6 nitrogen and oxygen atoms in total. The molecular weight excluding hydrogens is 801 g/mol. The zero-order chi connectivity index (χ0) is 49.8.